The van der Waals surface area contributed by atoms with Gasteiger partial charge in [0.05, 0.1) is 10.6 Å². The third-order valence-corrected chi connectivity index (χ3v) is 3.51. The standard InChI is InChI=1S/C12H13FN2OS/c1-3-10-12(17-15-14-10)11(16)9-5-4-8(13)6-7(9)2/h4-6,11,16H,3H2,1-2H3. The Hall–Kier alpha value is -1.33. The highest BCUT2D eigenvalue weighted by Crippen LogP contribution is 2.29. The normalized spacial score (nSPS) is 12.7. The van der Waals surface area contributed by atoms with Crippen molar-refractivity contribution in [2.45, 2.75) is 26.4 Å². The first-order chi connectivity index (χ1) is 8.13. The maximum atomic E-state index is 13.0. The molecule has 1 unspecified atom stereocenters. The first-order valence-corrected chi connectivity index (χ1v) is 6.16. The van der Waals surface area contributed by atoms with E-state index in [1.165, 1.54) is 23.7 Å². The Kier molecular flexibility index (Phi) is 3.49. The van der Waals surface area contributed by atoms with Crippen LogP contribution in [-0.4, -0.2) is 14.7 Å². The molecule has 1 aromatic heterocycles. The molecule has 1 heterocycles. The molecular formula is C12H13FN2OS. The van der Waals surface area contributed by atoms with E-state index < -0.39 is 6.10 Å². The number of aliphatic hydroxyl groups is 1. The van der Waals surface area contributed by atoms with Crippen LogP contribution in [-0.2, 0) is 6.42 Å². The second-order valence-corrected chi connectivity index (χ2v) is 4.63. The van der Waals surface area contributed by atoms with Gasteiger partial charge in [0.25, 0.3) is 0 Å². The Morgan fingerprint density at radius 1 is 1.47 bits per heavy atom. The van der Waals surface area contributed by atoms with E-state index in [0.29, 0.717) is 5.56 Å². The van der Waals surface area contributed by atoms with E-state index in [4.69, 9.17) is 0 Å². The summed E-state index contributed by atoms with van der Waals surface area (Å²) in [4.78, 5) is 0.738. The molecule has 2 aromatic rings. The van der Waals surface area contributed by atoms with E-state index in [-0.39, 0.29) is 5.82 Å². The van der Waals surface area contributed by atoms with Gasteiger partial charge in [0.2, 0.25) is 0 Å². The summed E-state index contributed by atoms with van der Waals surface area (Å²) in [5, 5.41) is 14.2. The molecule has 2 rings (SSSR count). The number of hydrogen-bond acceptors (Lipinski definition) is 4. The van der Waals surface area contributed by atoms with Crippen LogP contribution < -0.4 is 0 Å². The van der Waals surface area contributed by atoms with Crippen molar-refractivity contribution in [1.29, 1.82) is 0 Å². The Morgan fingerprint density at radius 2 is 2.24 bits per heavy atom. The first-order valence-electron chi connectivity index (χ1n) is 5.38. The molecule has 0 fully saturated rings. The lowest BCUT2D eigenvalue weighted by atomic mass is 10.0. The number of nitrogens with zero attached hydrogens (tertiary/aromatic N) is 2. The number of aryl methyl sites for hydroxylation is 2. The van der Waals surface area contributed by atoms with Gasteiger partial charge in [-0.2, -0.15) is 0 Å². The molecule has 1 aromatic carbocycles. The minimum Gasteiger partial charge on any atom is -0.383 e. The minimum atomic E-state index is -0.773. The number of hydrogen-bond donors (Lipinski definition) is 1. The van der Waals surface area contributed by atoms with Crippen molar-refractivity contribution in [1.82, 2.24) is 9.59 Å². The molecule has 90 valence electrons. The van der Waals surface area contributed by atoms with E-state index in [0.717, 1.165) is 22.6 Å². The van der Waals surface area contributed by atoms with Gasteiger partial charge >= 0.3 is 0 Å². The van der Waals surface area contributed by atoms with Crippen molar-refractivity contribution >= 4 is 11.5 Å². The van der Waals surface area contributed by atoms with Gasteiger partial charge in [-0.3, -0.25) is 0 Å². The van der Waals surface area contributed by atoms with Gasteiger partial charge in [0, 0.05) is 0 Å². The van der Waals surface area contributed by atoms with Gasteiger partial charge in [-0.05, 0) is 48.1 Å². The summed E-state index contributed by atoms with van der Waals surface area (Å²) in [7, 11) is 0. The zero-order chi connectivity index (χ0) is 12.4. The summed E-state index contributed by atoms with van der Waals surface area (Å²) in [6, 6.07) is 4.37. The van der Waals surface area contributed by atoms with Gasteiger partial charge in [-0.1, -0.05) is 17.5 Å². The van der Waals surface area contributed by atoms with Crippen LogP contribution in [0.5, 0.6) is 0 Å². The molecular weight excluding hydrogens is 239 g/mol. The van der Waals surface area contributed by atoms with Crippen LogP contribution in [0.3, 0.4) is 0 Å². The second kappa shape index (κ2) is 4.89. The molecule has 0 radical (unpaired) electrons. The number of benzene rings is 1. The van der Waals surface area contributed by atoms with E-state index in [1.54, 1.807) is 13.0 Å². The van der Waals surface area contributed by atoms with Crippen LogP contribution in [0.1, 0.15) is 34.7 Å². The molecule has 0 saturated heterocycles. The maximum absolute atomic E-state index is 13.0. The van der Waals surface area contributed by atoms with Crippen LogP contribution in [0.2, 0.25) is 0 Å². The monoisotopic (exact) mass is 252 g/mol. The summed E-state index contributed by atoms with van der Waals surface area (Å²) in [6.45, 7) is 3.74. The molecule has 0 amide bonds. The number of aromatic nitrogens is 2. The van der Waals surface area contributed by atoms with Gasteiger partial charge < -0.3 is 5.11 Å². The van der Waals surface area contributed by atoms with E-state index >= 15 is 0 Å². The molecule has 0 bridgehead atoms. The fraction of sp³-hybridized carbons (Fsp3) is 0.333. The SMILES string of the molecule is CCc1nnsc1C(O)c1ccc(F)cc1C. The Morgan fingerprint density at radius 3 is 2.88 bits per heavy atom. The van der Waals surface area contributed by atoms with E-state index in [1.807, 2.05) is 6.92 Å². The highest BCUT2D eigenvalue weighted by atomic mass is 32.1. The summed E-state index contributed by atoms with van der Waals surface area (Å²) < 4.78 is 16.8. The predicted octanol–water partition coefficient (Wildman–Crippen LogP) is 2.63. The van der Waals surface area contributed by atoms with E-state index in [9.17, 15) is 9.50 Å². The topological polar surface area (TPSA) is 46.0 Å². The maximum Gasteiger partial charge on any atom is 0.123 e. The molecule has 0 aliphatic carbocycles. The first kappa shape index (κ1) is 12.1. The van der Waals surface area contributed by atoms with Gasteiger partial charge in [-0.15, -0.1) is 5.10 Å². The molecule has 0 spiro atoms. The number of rotatable bonds is 3. The van der Waals surface area contributed by atoms with Crippen LogP contribution in [0, 0.1) is 12.7 Å². The second-order valence-electron chi connectivity index (χ2n) is 3.84. The Labute approximate surface area is 103 Å². The molecule has 1 atom stereocenters. The number of aliphatic hydroxyl groups excluding tert-OH is 1. The average Bonchev–Trinajstić information content (AvgIpc) is 2.76. The van der Waals surface area contributed by atoms with Gasteiger partial charge in [0.15, 0.2) is 0 Å². The summed E-state index contributed by atoms with van der Waals surface area (Å²) in [6.07, 6.45) is -0.0473. The van der Waals surface area contributed by atoms with Crippen LogP contribution in [0.25, 0.3) is 0 Å². The van der Waals surface area contributed by atoms with Crippen molar-refractivity contribution < 1.29 is 9.50 Å². The Bertz CT molecular complexity index is 527. The van der Waals surface area contributed by atoms with Gasteiger partial charge in [0.1, 0.15) is 11.9 Å². The zero-order valence-corrected chi connectivity index (χ0v) is 10.5. The quantitative estimate of drug-likeness (QED) is 0.913. The minimum absolute atomic E-state index is 0.295. The third-order valence-electron chi connectivity index (χ3n) is 2.69. The molecule has 17 heavy (non-hydrogen) atoms. The molecule has 0 aliphatic rings. The van der Waals surface area contributed by atoms with Crippen molar-refractivity contribution in [2.24, 2.45) is 0 Å². The van der Waals surface area contributed by atoms with Crippen molar-refractivity contribution in [2.75, 3.05) is 0 Å². The van der Waals surface area contributed by atoms with Crippen molar-refractivity contribution in [3.63, 3.8) is 0 Å². The van der Waals surface area contributed by atoms with Crippen LogP contribution >= 0.6 is 11.5 Å². The lowest BCUT2D eigenvalue weighted by Crippen LogP contribution is -2.03. The highest BCUT2D eigenvalue weighted by molar-refractivity contribution is 7.05. The Balaban J connectivity index is 2.40. The molecule has 3 nitrogen and oxygen atoms in total. The summed E-state index contributed by atoms with van der Waals surface area (Å²) in [5.74, 6) is -0.295. The molecule has 0 saturated carbocycles. The lowest BCUT2D eigenvalue weighted by Gasteiger charge is -2.12. The predicted molar refractivity (Wildman–Crippen MR) is 64.5 cm³/mol. The smallest absolute Gasteiger partial charge is 0.123 e. The third kappa shape index (κ3) is 2.35. The molecule has 0 aliphatic heterocycles. The fourth-order valence-electron chi connectivity index (χ4n) is 1.76. The number of halogens is 1. The largest absolute Gasteiger partial charge is 0.383 e. The van der Waals surface area contributed by atoms with Crippen molar-refractivity contribution in [3.8, 4) is 0 Å². The highest BCUT2D eigenvalue weighted by Gasteiger charge is 2.19. The zero-order valence-electron chi connectivity index (χ0n) is 9.64. The fourth-order valence-corrected chi connectivity index (χ4v) is 2.50. The summed E-state index contributed by atoms with van der Waals surface area (Å²) >= 11 is 1.19. The average molecular weight is 252 g/mol. The van der Waals surface area contributed by atoms with Gasteiger partial charge in [-0.25, -0.2) is 4.39 Å². The molecule has 5 heteroatoms. The van der Waals surface area contributed by atoms with Crippen LogP contribution in [0.4, 0.5) is 4.39 Å². The van der Waals surface area contributed by atoms with E-state index in [2.05, 4.69) is 9.59 Å². The lowest BCUT2D eigenvalue weighted by molar-refractivity contribution is 0.222. The summed E-state index contributed by atoms with van der Waals surface area (Å²) in [5.41, 5.74) is 2.23. The van der Waals surface area contributed by atoms with Crippen LogP contribution in [0.15, 0.2) is 18.2 Å². The van der Waals surface area contributed by atoms with Crippen molar-refractivity contribution in [3.05, 3.63) is 45.7 Å². The molecule has 1 N–H and O–H groups in total.